The predicted molar refractivity (Wildman–Crippen MR) is 108 cm³/mol. The molecule has 2 heterocycles. The van der Waals surface area contributed by atoms with Gasteiger partial charge in [0, 0.05) is 11.8 Å². The normalized spacial score (nSPS) is 28.0. The summed E-state index contributed by atoms with van der Waals surface area (Å²) in [6.45, 7) is 1.87. The molecular weight excluding hydrogens is 370 g/mol. The number of rotatable bonds is 5. The van der Waals surface area contributed by atoms with Crippen LogP contribution in [0.3, 0.4) is 0 Å². The van der Waals surface area contributed by atoms with Gasteiger partial charge in [-0.2, -0.15) is 5.10 Å². The number of aromatic amines is 1. The van der Waals surface area contributed by atoms with Gasteiger partial charge in [0.25, 0.3) is 5.91 Å². The summed E-state index contributed by atoms with van der Waals surface area (Å²) in [6.07, 6.45) is 10.4. The Balaban J connectivity index is 1.31. The molecule has 0 atom stereocenters. The first-order valence-corrected chi connectivity index (χ1v) is 10.9. The minimum Gasteiger partial charge on any atom is -0.323 e. The maximum Gasteiger partial charge on any atom is 0.325 e. The van der Waals surface area contributed by atoms with Crippen LogP contribution in [0.2, 0.25) is 0 Å². The highest BCUT2D eigenvalue weighted by Gasteiger charge is 2.52. The second kappa shape index (κ2) is 8.16. The van der Waals surface area contributed by atoms with Crippen molar-refractivity contribution in [1.29, 1.82) is 0 Å². The number of hydrogen-bond acceptors (Lipinski definition) is 4. The zero-order chi connectivity index (χ0) is 20.4. The molecule has 0 radical (unpaired) electrons. The molecule has 0 aromatic carbocycles. The molecule has 2 aliphatic carbocycles. The average molecular weight is 402 g/mol. The first kappa shape index (κ1) is 19.9. The maximum atomic E-state index is 12.9. The van der Waals surface area contributed by atoms with Crippen LogP contribution in [0.1, 0.15) is 70.4 Å². The first-order valence-electron chi connectivity index (χ1n) is 10.9. The number of anilines is 1. The van der Waals surface area contributed by atoms with Crippen molar-refractivity contribution in [2.45, 2.75) is 76.7 Å². The minimum absolute atomic E-state index is 0.274. The summed E-state index contributed by atoms with van der Waals surface area (Å²) in [6, 6.07) is 1.38. The van der Waals surface area contributed by atoms with Crippen LogP contribution in [-0.2, 0) is 16.0 Å². The van der Waals surface area contributed by atoms with Gasteiger partial charge in [-0.15, -0.1) is 0 Å². The number of H-pyrrole nitrogens is 1. The smallest absolute Gasteiger partial charge is 0.323 e. The Labute approximate surface area is 171 Å². The molecule has 1 aromatic heterocycles. The molecule has 0 bridgehead atoms. The summed E-state index contributed by atoms with van der Waals surface area (Å²) in [5, 5.41) is 12.7. The summed E-state index contributed by atoms with van der Waals surface area (Å²) in [5.41, 5.74) is 0.195. The topological polar surface area (TPSA) is 107 Å². The van der Waals surface area contributed by atoms with Gasteiger partial charge in [-0.1, -0.05) is 39.0 Å². The fraction of sp³-hybridized carbons (Fsp3) is 0.714. The number of carbonyl (C=O) groups is 3. The van der Waals surface area contributed by atoms with E-state index in [0.717, 1.165) is 29.9 Å². The third-order valence-electron chi connectivity index (χ3n) is 6.81. The maximum absolute atomic E-state index is 12.9. The number of carbonyl (C=O) groups excluding carboxylic acids is 3. The molecule has 1 spiro atoms. The third-order valence-corrected chi connectivity index (χ3v) is 6.81. The molecular formula is C21H31N5O3. The Morgan fingerprint density at radius 3 is 2.66 bits per heavy atom. The van der Waals surface area contributed by atoms with E-state index >= 15 is 0 Å². The van der Waals surface area contributed by atoms with Gasteiger partial charge in [-0.05, 0) is 43.9 Å². The number of aromatic nitrogens is 2. The van der Waals surface area contributed by atoms with E-state index in [4.69, 9.17) is 0 Å². The van der Waals surface area contributed by atoms with E-state index in [1.54, 1.807) is 0 Å². The lowest BCUT2D eigenvalue weighted by Crippen LogP contribution is -2.49. The Kier molecular flexibility index (Phi) is 5.61. The van der Waals surface area contributed by atoms with E-state index in [1.807, 2.05) is 6.07 Å². The number of imide groups is 1. The van der Waals surface area contributed by atoms with E-state index in [9.17, 15) is 14.4 Å². The summed E-state index contributed by atoms with van der Waals surface area (Å²) >= 11 is 0. The molecule has 3 aliphatic rings. The zero-order valence-electron chi connectivity index (χ0n) is 17.1. The molecule has 2 saturated carbocycles. The van der Waals surface area contributed by atoms with Gasteiger partial charge in [-0.3, -0.25) is 19.6 Å². The highest BCUT2D eigenvalue weighted by Crippen LogP contribution is 2.36. The second-order valence-electron chi connectivity index (χ2n) is 9.12. The summed E-state index contributed by atoms with van der Waals surface area (Å²) < 4.78 is 0. The van der Waals surface area contributed by atoms with Crippen LogP contribution >= 0.6 is 0 Å². The zero-order valence-corrected chi connectivity index (χ0v) is 17.1. The monoisotopic (exact) mass is 401 g/mol. The predicted octanol–water partition coefficient (Wildman–Crippen LogP) is 2.97. The largest absolute Gasteiger partial charge is 0.325 e. The van der Waals surface area contributed by atoms with Crippen molar-refractivity contribution in [2.75, 3.05) is 11.9 Å². The SMILES string of the molecule is CC1CCC2(CC1)NC(=O)N(CC(=O)Nc1cc(CC3CCCCC3)[nH]n1)C2=O. The average Bonchev–Trinajstić information content (AvgIpc) is 3.23. The minimum atomic E-state index is -0.816. The van der Waals surface area contributed by atoms with Crippen molar-refractivity contribution in [3.8, 4) is 0 Å². The lowest BCUT2D eigenvalue weighted by Gasteiger charge is -2.33. The van der Waals surface area contributed by atoms with Crippen molar-refractivity contribution < 1.29 is 14.4 Å². The number of nitrogens with zero attached hydrogens (tertiary/aromatic N) is 2. The quantitative estimate of drug-likeness (QED) is 0.659. The second-order valence-corrected chi connectivity index (χ2v) is 9.12. The van der Waals surface area contributed by atoms with Crippen LogP contribution in [-0.4, -0.2) is 45.0 Å². The van der Waals surface area contributed by atoms with E-state index in [0.29, 0.717) is 30.5 Å². The van der Waals surface area contributed by atoms with Gasteiger partial charge < -0.3 is 10.6 Å². The molecule has 29 heavy (non-hydrogen) atoms. The Hall–Kier alpha value is -2.38. The fourth-order valence-corrected chi connectivity index (χ4v) is 4.97. The molecule has 8 heteroatoms. The summed E-state index contributed by atoms with van der Waals surface area (Å²) in [7, 11) is 0. The van der Waals surface area contributed by atoms with Crippen LogP contribution in [0.5, 0.6) is 0 Å². The number of hydrogen-bond donors (Lipinski definition) is 3. The Morgan fingerprint density at radius 1 is 1.21 bits per heavy atom. The van der Waals surface area contributed by atoms with Crippen molar-refractivity contribution in [2.24, 2.45) is 11.8 Å². The van der Waals surface area contributed by atoms with Gasteiger partial charge >= 0.3 is 6.03 Å². The highest BCUT2D eigenvalue weighted by atomic mass is 16.2. The number of nitrogens with one attached hydrogen (secondary N) is 3. The third kappa shape index (κ3) is 4.31. The Bertz CT molecular complexity index is 775. The van der Waals surface area contributed by atoms with Crippen molar-refractivity contribution in [3.63, 3.8) is 0 Å². The lowest BCUT2D eigenvalue weighted by atomic mass is 9.77. The van der Waals surface area contributed by atoms with E-state index in [-0.39, 0.29) is 12.5 Å². The first-order chi connectivity index (χ1) is 13.9. The fourth-order valence-electron chi connectivity index (χ4n) is 4.97. The molecule has 0 unspecified atom stereocenters. The van der Waals surface area contributed by atoms with Crippen LogP contribution in [0.25, 0.3) is 0 Å². The van der Waals surface area contributed by atoms with Gasteiger partial charge in [0.05, 0.1) is 0 Å². The highest BCUT2D eigenvalue weighted by molar-refractivity contribution is 6.10. The Morgan fingerprint density at radius 2 is 1.93 bits per heavy atom. The van der Waals surface area contributed by atoms with Crippen molar-refractivity contribution >= 4 is 23.7 Å². The van der Waals surface area contributed by atoms with Gasteiger partial charge in [0.1, 0.15) is 12.1 Å². The molecule has 1 aliphatic heterocycles. The van der Waals surface area contributed by atoms with Gasteiger partial charge in [-0.25, -0.2) is 4.79 Å². The van der Waals surface area contributed by atoms with E-state index in [1.165, 1.54) is 32.1 Å². The lowest BCUT2D eigenvalue weighted by molar-refractivity contribution is -0.135. The molecule has 4 amide bonds. The molecule has 8 nitrogen and oxygen atoms in total. The van der Waals surface area contributed by atoms with Crippen LogP contribution in [0, 0.1) is 11.8 Å². The van der Waals surface area contributed by atoms with Gasteiger partial charge in [0.2, 0.25) is 5.91 Å². The molecule has 158 valence electrons. The molecule has 3 fully saturated rings. The van der Waals surface area contributed by atoms with Gasteiger partial charge in [0.15, 0.2) is 5.82 Å². The van der Waals surface area contributed by atoms with Crippen molar-refractivity contribution in [1.82, 2.24) is 20.4 Å². The van der Waals surface area contributed by atoms with Crippen molar-refractivity contribution in [3.05, 3.63) is 11.8 Å². The molecule has 1 saturated heterocycles. The van der Waals surface area contributed by atoms with E-state index in [2.05, 4.69) is 27.8 Å². The number of amides is 4. The standard InChI is InChI=1S/C21H31N5O3/c1-14-7-9-21(10-8-14)19(28)26(20(29)23-21)13-18(27)22-17-12-16(24-25-17)11-15-5-3-2-4-6-15/h12,14-15H,2-11,13H2,1H3,(H,23,29)(H2,22,24,25,27). The number of urea groups is 1. The molecule has 4 rings (SSSR count). The van der Waals surface area contributed by atoms with Crippen LogP contribution in [0.15, 0.2) is 6.07 Å². The van der Waals surface area contributed by atoms with Crippen LogP contribution < -0.4 is 10.6 Å². The van der Waals surface area contributed by atoms with E-state index < -0.39 is 17.5 Å². The van der Waals surface area contributed by atoms with Crippen LogP contribution in [0.4, 0.5) is 10.6 Å². The molecule has 3 N–H and O–H groups in total. The molecule has 1 aromatic rings. The summed E-state index contributed by atoms with van der Waals surface area (Å²) in [5.74, 6) is 0.988. The summed E-state index contributed by atoms with van der Waals surface area (Å²) in [4.78, 5) is 38.7.